The zero-order valence-electron chi connectivity index (χ0n) is 9.54. The Kier molecular flexibility index (Phi) is 4.78. The molecule has 0 aliphatic heterocycles. The minimum absolute atomic E-state index is 0.234. The summed E-state index contributed by atoms with van der Waals surface area (Å²) in [4.78, 5) is 22.5. The highest BCUT2D eigenvalue weighted by Gasteiger charge is 2.12. The fraction of sp³-hybridized carbons (Fsp3) is 0.273. The van der Waals surface area contributed by atoms with Gasteiger partial charge in [-0.1, -0.05) is 11.6 Å². The Morgan fingerprint density at radius 2 is 2.12 bits per heavy atom. The number of carbonyl (C=O) groups is 2. The first kappa shape index (κ1) is 13.3. The van der Waals surface area contributed by atoms with Crippen LogP contribution in [0.5, 0.6) is 0 Å². The van der Waals surface area contributed by atoms with Crippen molar-refractivity contribution in [2.24, 2.45) is 0 Å². The van der Waals surface area contributed by atoms with Crippen molar-refractivity contribution in [1.82, 2.24) is 5.32 Å². The fourth-order valence-electron chi connectivity index (χ4n) is 1.16. The third-order valence-electron chi connectivity index (χ3n) is 1.95. The van der Waals surface area contributed by atoms with Crippen LogP contribution in [0.1, 0.15) is 17.3 Å². The van der Waals surface area contributed by atoms with Crippen LogP contribution in [-0.2, 0) is 4.74 Å². The zero-order chi connectivity index (χ0) is 12.8. The van der Waals surface area contributed by atoms with Gasteiger partial charge in [-0.3, -0.25) is 0 Å². The number of hydrogen-bond donors (Lipinski definition) is 2. The normalized spacial score (nSPS) is 9.59. The maximum atomic E-state index is 11.4. The second-order valence-corrected chi connectivity index (χ2v) is 3.53. The summed E-state index contributed by atoms with van der Waals surface area (Å²) in [6.45, 7) is 2.00. The van der Waals surface area contributed by atoms with Crippen molar-refractivity contribution in [2.45, 2.75) is 6.92 Å². The van der Waals surface area contributed by atoms with Crippen molar-refractivity contribution in [2.75, 3.05) is 19.0 Å². The third-order valence-corrected chi connectivity index (χ3v) is 2.26. The number of carbonyl (C=O) groups excluding carboxylic acids is 2. The smallest absolute Gasteiger partial charge is 0.339 e. The number of rotatable bonds is 3. The highest BCUT2D eigenvalue weighted by atomic mass is 35.5. The molecule has 5 nitrogen and oxygen atoms in total. The molecule has 92 valence electrons. The standard InChI is InChI=1S/C11H13ClN2O3/c1-3-17-10(15)8-5-4-7(6-9(8)12)14-11(16)13-2/h4-6H,3H2,1-2H3,(H2,13,14,16). The molecule has 2 amide bonds. The van der Waals surface area contributed by atoms with Gasteiger partial charge in [0.2, 0.25) is 0 Å². The molecule has 0 aliphatic rings. The van der Waals surface area contributed by atoms with Gasteiger partial charge in [-0.05, 0) is 25.1 Å². The largest absolute Gasteiger partial charge is 0.462 e. The van der Waals surface area contributed by atoms with Crippen molar-refractivity contribution in [1.29, 1.82) is 0 Å². The Morgan fingerprint density at radius 1 is 1.41 bits per heavy atom. The molecule has 0 saturated heterocycles. The summed E-state index contributed by atoms with van der Waals surface area (Å²) in [6.07, 6.45) is 0. The molecule has 0 fully saturated rings. The van der Waals surface area contributed by atoms with Gasteiger partial charge in [0.05, 0.1) is 17.2 Å². The minimum Gasteiger partial charge on any atom is -0.462 e. The molecule has 1 rings (SSSR count). The van der Waals surface area contributed by atoms with Crippen LogP contribution in [0, 0.1) is 0 Å². The lowest BCUT2D eigenvalue weighted by atomic mass is 10.2. The molecule has 1 aromatic carbocycles. The topological polar surface area (TPSA) is 67.4 Å². The molecule has 0 aromatic heterocycles. The van der Waals surface area contributed by atoms with Crippen LogP contribution in [0.15, 0.2) is 18.2 Å². The second kappa shape index (κ2) is 6.10. The summed E-state index contributed by atoms with van der Waals surface area (Å²) < 4.78 is 4.83. The highest BCUT2D eigenvalue weighted by molar-refractivity contribution is 6.33. The molecule has 0 heterocycles. The summed E-state index contributed by atoms with van der Waals surface area (Å²) in [5.74, 6) is -0.482. The second-order valence-electron chi connectivity index (χ2n) is 3.12. The van der Waals surface area contributed by atoms with Gasteiger partial charge in [-0.2, -0.15) is 0 Å². The summed E-state index contributed by atoms with van der Waals surface area (Å²) in [5, 5.41) is 5.18. The Balaban J connectivity index is 2.86. The molecule has 0 saturated carbocycles. The van der Waals surface area contributed by atoms with E-state index in [0.29, 0.717) is 5.69 Å². The van der Waals surface area contributed by atoms with E-state index in [1.807, 2.05) is 0 Å². The summed E-state index contributed by atoms with van der Waals surface area (Å²) in [7, 11) is 1.50. The average molecular weight is 257 g/mol. The maximum absolute atomic E-state index is 11.4. The third kappa shape index (κ3) is 3.64. The first-order valence-corrected chi connectivity index (χ1v) is 5.41. The predicted octanol–water partition coefficient (Wildman–Crippen LogP) is 2.27. The van der Waals surface area contributed by atoms with Gasteiger partial charge in [0.15, 0.2) is 0 Å². The van der Waals surface area contributed by atoms with Crippen molar-refractivity contribution in [3.05, 3.63) is 28.8 Å². The van der Waals surface area contributed by atoms with Gasteiger partial charge in [0.1, 0.15) is 0 Å². The molecule has 0 radical (unpaired) electrons. The summed E-state index contributed by atoms with van der Waals surface area (Å²) in [5.41, 5.74) is 0.776. The number of urea groups is 1. The minimum atomic E-state index is -0.482. The highest BCUT2D eigenvalue weighted by Crippen LogP contribution is 2.21. The number of anilines is 1. The lowest BCUT2D eigenvalue weighted by Crippen LogP contribution is -2.24. The molecule has 2 N–H and O–H groups in total. The number of esters is 1. The number of ether oxygens (including phenoxy) is 1. The molecule has 1 aromatic rings. The van der Waals surface area contributed by atoms with Gasteiger partial charge in [-0.25, -0.2) is 9.59 Å². The van der Waals surface area contributed by atoms with Gasteiger partial charge in [0, 0.05) is 12.7 Å². The fourth-order valence-corrected chi connectivity index (χ4v) is 1.42. The van der Waals surface area contributed by atoms with Crippen LogP contribution in [-0.4, -0.2) is 25.7 Å². The average Bonchev–Trinajstić information content (AvgIpc) is 2.29. The number of halogens is 1. The van der Waals surface area contributed by atoms with Gasteiger partial charge in [0.25, 0.3) is 0 Å². The van der Waals surface area contributed by atoms with Crippen LogP contribution < -0.4 is 10.6 Å². The zero-order valence-corrected chi connectivity index (χ0v) is 10.3. The van der Waals surface area contributed by atoms with E-state index in [1.165, 1.54) is 19.2 Å². The SMILES string of the molecule is CCOC(=O)c1ccc(NC(=O)NC)cc1Cl. The Hall–Kier alpha value is -1.75. The Bertz CT molecular complexity index is 435. The lowest BCUT2D eigenvalue weighted by molar-refractivity contribution is 0.0526. The quantitative estimate of drug-likeness (QED) is 0.816. The number of nitrogens with one attached hydrogen (secondary N) is 2. The van der Waals surface area contributed by atoms with E-state index in [-0.39, 0.29) is 23.2 Å². The van der Waals surface area contributed by atoms with Crippen LogP contribution >= 0.6 is 11.6 Å². The molecule has 0 spiro atoms. The van der Waals surface area contributed by atoms with Crippen LogP contribution in [0.3, 0.4) is 0 Å². The molecule has 0 aliphatic carbocycles. The van der Waals surface area contributed by atoms with Gasteiger partial charge < -0.3 is 15.4 Å². The van der Waals surface area contributed by atoms with Crippen molar-refractivity contribution in [3.63, 3.8) is 0 Å². The molecule has 0 unspecified atom stereocenters. The molecule has 6 heteroatoms. The van der Waals surface area contributed by atoms with Crippen LogP contribution in [0.2, 0.25) is 5.02 Å². The molecular formula is C11H13ClN2O3. The summed E-state index contributed by atoms with van der Waals surface area (Å²) in [6, 6.07) is 4.21. The van der Waals surface area contributed by atoms with Crippen molar-refractivity contribution in [3.8, 4) is 0 Å². The van der Waals surface area contributed by atoms with E-state index in [4.69, 9.17) is 16.3 Å². The molecule has 0 atom stereocenters. The summed E-state index contributed by atoms with van der Waals surface area (Å²) >= 11 is 5.91. The monoisotopic (exact) mass is 256 g/mol. The number of hydrogen-bond acceptors (Lipinski definition) is 3. The van der Waals surface area contributed by atoms with Gasteiger partial charge >= 0.3 is 12.0 Å². The van der Waals surface area contributed by atoms with E-state index >= 15 is 0 Å². The first-order valence-electron chi connectivity index (χ1n) is 5.04. The molecule has 17 heavy (non-hydrogen) atoms. The molecule has 0 bridgehead atoms. The van der Waals surface area contributed by atoms with Crippen LogP contribution in [0.4, 0.5) is 10.5 Å². The van der Waals surface area contributed by atoms with Crippen molar-refractivity contribution >= 4 is 29.3 Å². The Labute approximate surface area is 104 Å². The van der Waals surface area contributed by atoms with E-state index < -0.39 is 5.97 Å². The first-order chi connectivity index (χ1) is 8.08. The van der Waals surface area contributed by atoms with Gasteiger partial charge in [-0.15, -0.1) is 0 Å². The lowest BCUT2D eigenvalue weighted by Gasteiger charge is -2.07. The Morgan fingerprint density at radius 3 is 2.65 bits per heavy atom. The number of amides is 2. The van der Waals surface area contributed by atoms with E-state index in [1.54, 1.807) is 13.0 Å². The maximum Gasteiger partial charge on any atom is 0.339 e. The van der Waals surface area contributed by atoms with E-state index in [2.05, 4.69) is 10.6 Å². The molecular weight excluding hydrogens is 244 g/mol. The van der Waals surface area contributed by atoms with Crippen LogP contribution in [0.25, 0.3) is 0 Å². The van der Waals surface area contributed by atoms with E-state index in [9.17, 15) is 9.59 Å². The van der Waals surface area contributed by atoms with E-state index in [0.717, 1.165) is 0 Å². The van der Waals surface area contributed by atoms with Crippen molar-refractivity contribution < 1.29 is 14.3 Å². The number of benzene rings is 1. The predicted molar refractivity (Wildman–Crippen MR) is 65.5 cm³/mol.